The molecule has 0 unspecified atom stereocenters. The Morgan fingerprint density at radius 2 is 2.00 bits per heavy atom. The molecule has 2 nitrogen and oxygen atoms in total. The molecule has 0 spiro atoms. The summed E-state index contributed by atoms with van der Waals surface area (Å²) in [6.07, 6.45) is 4.52. The van der Waals surface area contributed by atoms with Gasteiger partial charge in [0.15, 0.2) is 0 Å². The zero-order valence-electron chi connectivity index (χ0n) is 8.28. The summed E-state index contributed by atoms with van der Waals surface area (Å²) in [5, 5.41) is 0. The topological polar surface area (TPSA) is 17.8 Å². The minimum absolute atomic E-state index is 1.09. The highest BCUT2D eigenvalue weighted by molar-refractivity contribution is 9.10. The van der Waals surface area contributed by atoms with Gasteiger partial charge in [-0.3, -0.25) is 0 Å². The van der Waals surface area contributed by atoms with Crippen LogP contribution in [0.3, 0.4) is 0 Å². The summed E-state index contributed by atoms with van der Waals surface area (Å²) in [5.74, 6) is 1.23. The SMILES string of the molecule is Brc1ccc(-c2cn3c(n2)CCC3)cc1. The molecular formula is C12H11BrN2. The van der Waals surface area contributed by atoms with E-state index in [4.69, 9.17) is 0 Å². The lowest BCUT2D eigenvalue weighted by Crippen LogP contribution is -1.87. The van der Waals surface area contributed by atoms with Crippen LogP contribution in [-0.4, -0.2) is 9.55 Å². The molecule has 0 saturated heterocycles. The van der Waals surface area contributed by atoms with E-state index in [0.717, 1.165) is 23.1 Å². The van der Waals surface area contributed by atoms with E-state index in [1.807, 2.05) is 0 Å². The van der Waals surface area contributed by atoms with Crippen molar-refractivity contribution in [2.75, 3.05) is 0 Å². The molecule has 0 N–H and O–H groups in total. The van der Waals surface area contributed by atoms with Crippen LogP contribution >= 0.6 is 15.9 Å². The van der Waals surface area contributed by atoms with Gasteiger partial charge in [0.25, 0.3) is 0 Å². The van der Waals surface area contributed by atoms with Crippen LogP contribution in [0, 0.1) is 0 Å². The average molecular weight is 263 g/mol. The van der Waals surface area contributed by atoms with Crippen molar-refractivity contribution in [1.82, 2.24) is 9.55 Å². The highest BCUT2D eigenvalue weighted by Crippen LogP contribution is 2.24. The fourth-order valence-electron chi connectivity index (χ4n) is 2.01. The number of rotatable bonds is 1. The molecule has 2 aromatic rings. The normalized spacial score (nSPS) is 14.2. The highest BCUT2D eigenvalue weighted by atomic mass is 79.9. The van der Waals surface area contributed by atoms with Gasteiger partial charge in [0, 0.05) is 29.2 Å². The molecule has 0 amide bonds. The monoisotopic (exact) mass is 262 g/mol. The molecule has 1 aliphatic rings. The van der Waals surface area contributed by atoms with Gasteiger partial charge in [0.2, 0.25) is 0 Å². The number of aromatic nitrogens is 2. The van der Waals surface area contributed by atoms with Crippen molar-refractivity contribution in [2.24, 2.45) is 0 Å². The third-order valence-corrected chi connectivity index (χ3v) is 3.33. The lowest BCUT2D eigenvalue weighted by molar-refractivity contribution is 0.750. The van der Waals surface area contributed by atoms with Crippen molar-refractivity contribution >= 4 is 15.9 Å². The summed E-state index contributed by atoms with van der Waals surface area (Å²) in [4.78, 5) is 4.64. The van der Waals surface area contributed by atoms with Crippen molar-refractivity contribution < 1.29 is 0 Å². The fraction of sp³-hybridized carbons (Fsp3) is 0.250. The average Bonchev–Trinajstić information content (AvgIpc) is 2.78. The maximum atomic E-state index is 4.64. The number of nitrogens with zero attached hydrogens (tertiary/aromatic N) is 2. The van der Waals surface area contributed by atoms with E-state index in [1.165, 1.54) is 17.8 Å². The van der Waals surface area contributed by atoms with Gasteiger partial charge in [-0.15, -0.1) is 0 Å². The maximum Gasteiger partial charge on any atom is 0.109 e. The number of hydrogen-bond donors (Lipinski definition) is 0. The van der Waals surface area contributed by atoms with Gasteiger partial charge in [-0.05, 0) is 18.6 Å². The molecule has 0 radical (unpaired) electrons. The molecule has 0 fully saturated rings. The zero-order valence-corrected chi connectivity index (χ0v) is 9.87. The van der Waals surface area contributed by atoms with Crippen molar-refractivity contribution in [2.45, 2.75) is 19.4 Å². The van der Waals surface area contributed by atoms with Crippen LogP contribution in [0.15, 0.2) is 34.9 Å². The molecule has 3 rings (SSSR count). The molecule has 0 bridgehead atoms. The smallest absolute Gasteiger partial charge is 0.109 e. The Bertz CT molecular complexity index is 463. The Hall–Kier alpha value is -1.09. The van der Waals surface area contributed by atoms with E-state index in [1.54, 1.807) is 0 Å². The molecule has 1 aromatic heterocycles. The van der Waals surface area contributed by atoms with E-state index in [9.17, 15) is 0 Å². The van der Waals surface area contributed by atoms with Gasteiger partial charge >= 0.3 is 0 Å². The first-order valence-electron chi connectivity index (χ1n) is 5.15. The van der Waals surface area contributed by atoms with Crippen LogP contribution in [0.2, 0.25) is 0 Å². The van der Waals surface area contributed by atoms with Crippen molar-refractivity contribution in [3.05, 3.63) is 40.8 Å². The number of hydrogen-bond acceptors (Lipinski definition) is 1. The van der Waals surface area contributed by atoms with Crippen LogP contribution in [0.1, 0.15) is 12.2 Å². The van der Waals surface area contributed by atoms with Gasteiger partial charge in [-0.2, -0.15) is 0 Å². The fourth-order valence-corrected chi connectivity index (χ4v) is 2.28. The molecule has 0 atom stereocenters. The standard InChI is InChI=1S/C12H11BrN2/c13-10-5-3-9(4-6-10)11-8-15-7-1-2-12(15)14-11/h3-6,8H,1-2,7H2. The van der Waals surface area contributed by atoms with Crippen LogP contribution in [-0.2, 0) is 13.0 Å². The van der Waals surface area contributed by atoms with E-state index >= 15 is 0 Å². The first-order chi connectivity index (χ1) is 7.33. The minimum Gasteiger partial charge on any atom is -0.334 e. The van der Waals surface area contributed by atoms with E-state index < -0.39 is 0 Å². The Morgan fingerprint density at radius 3 is 2.73 bits per heavy atom. The molecule has 2 heterocycles. The Morgan fingerprint density at radius 1 is 1.20 bits per heavy atom. The summed E-state index contributed by atoms with van der Waals surface area (Å²) >= 11 is 3.44. The Labute approximate surface area is 97.1 Å². The minimum atomic E-state index is 1.09. The molecule has 0 saturated carbocycles. The lowest BCUT2D eigenvalue weighted by atomic mass is 10.2. The summed E-state index contributed by atoms with van der Waals surface area (Å²) in [7, 11) is 0. The van der Waals surface area contributed by atoms with Crippen LogP contribution < -0.4 is 0 Å². The summed E-state index contributed by atoms with van der Waals surface area (Å²) in [6, 6.07) is 8.31. The second-order valence-electron chi connectivity index (χ2n) is 3.85. The first kappa shape index (κ1) is 9.16. The van der Waals surface area contributed by atoms with Gasteiger partial charge in [0.1, 0.15) is 5.82 Å². The molecule has 76 valence electrons. The second kappa shape index (κ2) is 3.49. The maximum absolute atomic E-state index is 4.64. The van der Waals surface area contributed by atoms with Crippen molar-refractivity contribution in [3.63, 3.8) is 0 Å². The number of halogens is 1. The van der Waals surface area contributed by atoms with E-state index in [-0.39, 0.29) is 0 Å². The van der Waals surface area contributed by atoms with Crippen LogP contribution in [0.5, 0.6) is 0 Å². The third-order valence-electron chi connectivity index (χ3n) is 2.80. The van der Waals surface area contributed by atoms with Crippen molar-refractivity contribution in [3.8, 4) is 11.3 Å². The predicted octanol–water partition coefficient (Wildman–Crippen LogP) is 3.26. The second-order valence-corrected chi connectivity index (χ2v) is 4.76. The lowest BCUT2D eigenvalue weighted by Gasteiger charge is -1.96. The molecule has 1 aromatic carbocycles. The van der Waals surface area contributed by atoms with Crippen LogP contribution in [0.4, 0.5) is 0 Å². The first-order valence-corrected chi connectivity index (χ1v) is 5.94. The van der Waals surface area contributed by atoms with Gasteiger partial charge in [-0.1, -0.05) is 28.1 Å². The van der Waals surface area contributed by atoms with Gasteiger partial charge < -0.3 is 4.57 Å². The van der Waals surface area contributed by atoms with E-state index in [2.05, 4.69) is 55.9 Å². The number of imidazole rings is 1. The van der Waals surface area contributed by atoms with Gasteiger partial charge in [-0.25, -0.2) is 4.98 Å². The Balaban J connectivity index is 2.02. The highest BCUT2D eigenvalue weighted by Gasteiger charge is 2.13. The number of fused-ring (bicyclic) bond motifs is 1. The Kier molecular flexibility index (Phi) is 2.13. The summed E-state index contributed by atoms with van der Waals surface area (Å²) in [6.45, 7) is 1.12. The third kappa shape index (κ3) is 1.61. The largest absolute Gasteiger partial charge is 0.334 e. The van der Waals surface area contributed by atoms with Crippen molar-refractivity contribution in [1.29, 1.82) is 0 Å². The molecule has 1 aliphatic heterocycles. The summed E-state index contributed by atoms with van der Waals surface area (Å²) < 4.78 is 3.37. The number of aryl methyl sites for hydroxylation is 2. The quantitative estimate of drug-likeness (QED) is 0.772. The van der Waals surface area contributed by atoms with Crippen LogP contribution in [0.25, 0.3) is 11.3 Å². The zero-order chi connectivity index (χ0) is 10.3. The predicted molar refractivity (Wildman–Crippen MR) is 63.7 cm³/mol. The molecular weight excluding hydrogens is 252 g/mol. The molecule has 3 heteroatoms. The summed E-state index contributed by atoms with van der Waals surface area (Å²) in [5.41, 5.74) is 2.29. The molecule has 0 aliphatic carbocycles. The van der Waals surface area contributed by atoms with Gasteiger partial charge in [0.05, 0.1) is 5.69 Å². The number of benzene rings is 1. The van der Waals surface area contributed by atoms with E-state index in [0.29, 0.717) is 0 Å². The molecule has 15 heavy (non-hydrogen) atoms.